The van der Waals surface area contributed by atoms with Crippen LogP contribution in [0.4, 0.5) is 0 Å². The number of nitrogens with zero attached hydrogens (tertiary/aromatic N) is 2. The fraction of sp³-hybridized carbons (Fsp3) is 0.462. The minimum absolute atomic E-state index is 0.0180. The smallest absolute Gasteiger partial charge is 0.295 e. The number of aliphatic hydroxyl groups excluding tert-OH is 1. The fourth-order valence-electron chi connectivity index (χ4n) is 4.42. The van der Waals surface area contributed by atoms with Crippen LogP contribution < -0.4 is 4.74 Å². The fourth-order valence-corrected chi connectivity index (χ4v) is 4.42. The quantitative estimate of drug-likeness (QED) is 0.360. The van der Waals surface area contributed by atoms with Gasteiger partial charge in [-0.1, -0.05) is 0 Å². The molecule has 182 valence electrons. The van der Waals surface area contributed by atoms with Crippen LogP contribution in [0, 0.1) is 6.92 Å². The lowest BCUT2D eigenvalue weighted by molar-refractivity contribution is -0.140. The maximum atomic E-state index is 13.1. The highest BCUT2D eigenvalue weighted by Gasteiger charge is 2.47. The van der Waals surface area contributed by atoms with Gasteiger partial charge in [0.05, 0.1) is 24.9 Å². The topological polar surface area (TPSA) is 92.5 Å². The molecule has 1 N–H and O–H groups in total. The number of morpholine rings is 1. The maximum Gasteiger partial charge on any atom is 0.295 e. The molecule has 0 bridgehead atoms. The number of aryl methyl sites for hydroxylation is 1. The number of furan rings is 1. The molecule has 2 aromatic rings. The highest BCUT2D eigenvalue weighted by atomic mass is 16.5. The number of Topliss-reactive ketones (excluding diaryl/α,β-unsaturated/α-hetero) is 1. The van der Waals surface area contributed by atoms with Gasteiger partial charge in [0.1, 0.15) is 29.1 Å². The largest absolute Gasteiger partial charge is 0.507 e. The third-order valence-corrected chi connectivity index (χ3v) is 6.05. The van der Waals surface area contributed by atoms with Gasteiger partial charge in [-0.15, -0.1) is 0 Å². The predicted molar refractivity (Wildman–Crippen MR) is 127 cm³/mol. The molecular weight excluding hydrogens is 436 g/mol. The number of likely N-dealkylation sites (tertiary alicyclic amines) is 1. The van der Waals surface area contributed by atoms with Gasteiger partial charge in [0.15, 0.2) is 0 Å². The Kier molecular flexibility index (Phi) is 7.38. The summed E-state index contributed by atoms with van der Waals surface area (Å²) >= 11 is 0. The predicted octanol–water partition coefficient (Wildman–Crippen LogP) is 3.52. The molecule has 2 fully saturated rings. The van der Waals surface area contributed by atoms with Crippen molar-refractivity contribution in [3.63, 3.8) is 0 Å². The second kappa shape index (κ2) is 10.4. The van der Waals surface area contributed by atoms with Crippen molar-refractivity contribution in [2.75, 3.05) is 39.4 Å². The van der Waals surface area contributed by atoms with Crippen molar-refractivity contribution in [1.82, 2.24) is 9.80 Å². The van der Waals surface area contributed by atoms with E-state index in [2.05, 4.69) is 4.90 Å². The number of ether oxygens (including phenoxy) is 2. The molecule has 8 nitrogen and oxygen atoms in total. The Morgan fingerprint density at radius 1 is 1.09 bits per heavy atom. The van der Waals surface area contributed by atoms with Crippen molar-refractivity contribution in [3.05, 3.63) is 59.1 Å². The van der Waals surface area contributed by atoms with Gasteiger partial charge >= 0.3 is 0 Å². The van der Waals surface area contributed by atoms with Gasteiger partial charge in [0.25, 0.3) is 11.7 Å². The van der Waals surface area contributed by atoms with Gasteiger partial charge in [-0.2, -0.15) is 0 Å². The van der Waals surface area contributed by atoms with Crippen LogP contribution in [0.15, 0.2) is 46.4 Å². The number of amides is 1. The molecule has 0 spiro atoms. The van der Waals surface area contributed by atoms with Gasteiger partial charge in [-0.05, 0) is 63.6 Å². The summed E-state index contributed by atoms with van der Waals surface area (Å²) in [5.41, 5.74) is 0.485. The molecule has 4 rings (SSSR count). The molecule has 0 aliphatic carbocycles. The number of benzene rings is 1. The Balaban J connectivity index is 1.62. The summed E-state index contributed by atoms with van der Waals surface area (Å²) in [6, 6.07) is 9.62. The van der Waals surface area contributed by atoms with E-state index in [4.69, 9.17) is 13.9 Å². The Morgan fingerprint density at radius 2 is 1.79 bits per heavy atom. The molecule has 2 aliphatic rings. The van der Waals surface area contributed by atoms with E-state index < -0.39 is 17.7 Å². The summed E-state index contributed by atoms with van der Waals surface area (Å²) in [5.74, 6) is 0.249. The first-order valence-electron chi connectivity index (χ1n) is 11.8. The van der Waals surface area contributed by atoms with Crippen molar-refractivity contribution in [2.45, 2.75) is 39.3 Å². The molecule has 0 unspecified atom stereocenters. The van der Waals surface area contributed by atoms with E-state index in [1.165, 1.54) is 4.90 Å². The molecule has 1 aromatic heterocycles. The van der Waals surface area contributed by atoms with Crippen LogP contribution in [0.3, 0.4) is 0 Å². The molecule has 0 radical (unpaired) electrons. The van der Waals surface area contributed by atoms with E-state index in [1.807, 2.05) is 20.8 Å². The number of carbonyl (C=O) groups excluding carboxylic acids is 2. The first-order chi connectivity index (χ1) is 16.3. The van der Waals surface area contributed by atoms with Crippen molar-refractivity contribution in [1.29, 1.82) is 0 Å². The summed E-state index contributed by atoms with van der Waals surface area (Å²) in [6.45, 7) is 9.97. The van der Waals surface area contributed by atoms with E-state index in [1.54, 1.807) is 36.4 Å². The summed E-state index contributed by atoms with van der Waals surface area (Å²) in [6.07, 6.45) is 0.717. The number of hydrogen-bond acceptors (Lipinski definition) is 7. The molecule has 2 saturated heterocycles. The molecule has 8 heteroatoms. The Labute approximate surface area is 199 Å². The highest BCUT2D eigenvalue weighted by Crippen LogP contribution is 2.40. The molecule has 0 saturated carbocycles. The second-order valence-corrected chi connectivity index (χ2v) is 8.94. The number of aliphatic hydroxyl groups is 1. The van der Waals surface area contributed by atoms with E-state index >= 15 is 0 Å². The Bertz CT molecular complexity index is 1050. The van der Waals surface area contributed by atoms with E-state index in [9.17, 15) is 14.7 Å². The zero-order chi connectivity index (χ0) is 24.2. The van der Waals surface area contributed by atoms with Crippen LogP contribution in [0.25, 0.3) is 5.76 Å². The number of ketones is 1. The van der Waals surface area contributed by atoms with Crippen LogP contribution in [0.2, 0.25) is 0 Å². The number of rotatable bonds is 8. The average molecular weight is 469 g/mol. The summed E-state index contributed by atoms with van der Waals surface area (Å²) in [5, 5.41) is 11.1. The third-order valence-electron chi connectivity index (χ3n) is 6.05. The Morgan fingerprint density at radius 3 is 2.41 bits per heavy atom. The molecule has 2 aliphatic heterocycles. The van der Waals surface area contributed by atoms with Crippen LogP contribution in [-0.2, 0) is 14.3 Å². The normalized spacial score (nSPS) is 20.9. The first-order valence-corrected chi connectivity index (χ1v) is 11.8. The second-order valence-electron chi connectivity index (χ2n) is 8.94. The lowest BCUT2D eigenvalue weighted by Crippen LogP contribution is -2.38. The van der Waals surface area contributed by atoms with Crippen molar-refractivity contribution in [2.24, 2.45) is 0 Å². The SMILES string of the molecule is Cc1ccc([C@H]2C(=C(O)c3ccc(OC(C)C)cc3)C(=O)C(=O)N2CCCN2CCOCC2)o1. The molecule has 1 amide bonds. The summed E-state index contributed by atoms with van der Waals surface area (Å²) < 4.78 is 16.9. The van der Waals surface area contributed by atoms with Gasteiger partial charge in [-0.25, -0.2) is 0 Å². The molecule has 1 aromatic carbocycles. The van der Waals surface area contributed by atoms with Crippen molar-refractivity contribution < 1.29 is 28.6 Å². The summed E-state index contributed by atoms with van der Waals surface area (Å²) in [4.78, 5) is 29.9. The van der Waals surface area contributed by atoms with Crippen LogP contribution in [0.1, 0.15) is 43.4 Å². The van der Waals surface area contributed by atoms with Crippen LogP contribution in [0.5, 0.6) is 5.75 Å². The minimum Gasteiger partial charge on any atom is -0.507 e. The van der Waals surface area contributed by atoms with Crippen LogP contribution in [-0.4, -0.2) is 72.1 Å². The van der Waals surface area contributed by atoms with E-state index in [-0.39, 0.29) is 17.4 Å². The third kappa shape index (κ3) is 5.18. The van der Waals surface area contributed by atoms with E-state index in [0.29, 0.717) is 49.0 Å². The zero-order valence-corrected chi connectivity index (χ0v) is 20.0. The van der Waals surface area contributed by atoms with Crippen molar-refractivity contribution in [3.8, 4) is 5.75 Å². The summed E-state index contributed by atoms with van der Waals surface area (Å²) in [7, 11) is 0. The van der Waals surface area contributed by atoms with Crippen LogP contribution >= 0.6 is 0 Å². The maximum absolute atomic E-state index is 13.1. The lowest BCUT2D eigenvalue weighted by Gasteiger charge is -2.28. The molecule has 1 atom stereocenters. The van der Waals surface area contributed by atoms with Gasteiger partial charge in [-0.3, -0.25) is 14.5 Å². The van der Waals surface area contributed by atoms with Gasteiger partial charge in [0.2, 0.25) is 0 Å². The molecular formula is C26H32N2O6. The van der Waals surface area contributed by atoms with Crippen molar-refractivity contribution >= 4 is 17.4 Å². The molecule has 3 heterocycles. The number of hydrogen-bond donors (Lipinski definition) is 1. The average Bonchev–Trinajstić information content (AvgIpc) is 3.35. The van der Waals surface area contributed by atoms with Gasteiger partial charge < -0.3 is 23.9 Å². The highest BCUT2D eigenvalue weighted by molar-refractivity contribution is 6.46. The monoisotopic (exact) mass is 468 g/mol. The zero-order valence-electron chi connectivity index (χ0n) is 20.0. The lowest BCUT2D eigenvalue weighted by atomic mass is 9.99. The molecule has 34 heavy (non-hydrogen) atoms. The minimum atomic E-state index is -0.773. The number of carbonyl (C=O) groups is 2. The first kappa shape index (κ1) is 24.0. The Hall–Kier alpha value is -3.10. The van der Waals surface area contributed by atoms with E-state index in [0.717, 1.165) is 19.6 Å². The van der Waals surface area contributed by atoms with Gasteiger partial charge in [0, 0.05) is 31.7 Å². The standard InChI is InChI=1S/C26H32N2O6/c1-17(2)33-20-8-6-19(7-9-20)24(29)22-23(21-10-5-18(3)34-21)28(26(31)25(22)30)12-4-11-27-13-15-32-16-14-27/h5-10,17,23,29H,4,11-16H2,1-3H3/t23-/m0/s1.